The minimum Gasteiger partial charge on any atom is -0.481 e. The number of aliphatic carboxylic acids is 1. The first-order valence-corrected chi connectivity index (χ1v) is 6.62. The van der Waals surface area contributed by atoms with Gasteiger partial charge < -0.3 is 9.67 Å². The number of imidazole rings is 1. The molecule has 0 aliphatic carbocycles. The van der Waals surface area contributed by atoms with Crippen molar-refractivity contribution in [1.82, 2.24) is 9.55 Å². The molecule has 0 bridgehead atoms. The fraction of sp³-hybridized carbons (Fsp3) is 0.273. The van der Waals surface area contributed by atoms with Gasteiger partial charge in [0.1, 0.15) is 0 Å². The highest BCUT2D eigenvalue weighted by Crippen LogP contribution is 2.26. The smallest absolute Gasteiger partial charge is 0.313 e. The summed E-state index contributed by atoms with van der Waals surface area (Å²) in [7, 11) is 0. The number of aromatic nitrogens is 2. The largest absolute Gasteiger partial charge is 0.481 e. The Balaban J connectivity index is 2.44. The van der Waals surface area contributed by atoms with Gasteiger partial charge in [-0.25, -0.2) is 13.8 Å². The van der Waals surface area contributed by atoms with Gasteiger partial charge in [0.25, 0.3) is 6.43 Å². The van der Waals surface area contributed by atoms with Crippen LogP contribution in [0.4, 0.5) is 8.78 Å². The number of carboxylic acids is 1. The SMILES string of the molecule is O=C(O)CSc1nc2cc(Cl)ccc2n1CC(F)F. The molecular weight excluding hydrogens is 298 g/mol. The lowest BCUT2D eigenvalue weighted by Gasteiger charge is -2.07. The van der Waals surface area contributed by atoms with Crippen molar-refractivity contribution in [3.05, 3.63) is 23.2 Å². The van der Waals surface area contributed by atoms with E-state index < -0.39 is 18.9 Å². The molecule has 0 radical (unpaired) electrons. The summed E-state index contributed by atoms with van der Waals surface area (Å²) >= 11 is 6.72. The van der Waals surface area contributed by atoms with Gasteiger partial charge in [-0.3, -0.25) is 4.79 Å². The first-order chi connectivity index (χ1) is 8.97. The molecule has 0 saturated heterocycles. The summed E-state index contributed by atoms with van der Waals surface area (Å²) in [6.45, 7) is -0.528. The normalized spacial score (nSPS) is 11.4. The fourth-order valence-corrected chi connectivity index (χ4v) is 2.54. The summed E-state index contributed by atoms with van der Waals surface area (Å²) in [5.74, 6) is -1.26. The standard InChI is InChI=1S/C11H9ClF2N2O2S/c12-6-1-2-8-7(3-6)15-11(19-5-10(17)18)16(8)4-9(13)14/h1-3,9H,4-5H2,(H,17,18). The minimum atomic E-state index is -2.54. The molecule has 0 fully saturated rings. The highest BCUT2D eigenvalue weighted by molar-refractivity contribution is 7.99. The zero-order chi connectivity index (χ0) is 14.0. The molecule has 8 heteroatoms. The van der Waals surface area contributed by atoms with Gasteiger partial charge in [0.2, 0.25) is 0 Å². The summed E-state index contributed by atoms with van der Waals surface area (Å²) < 4.78 is 26.5. The second-order valence-corrected chi connectivity index (χ2v) is 5.09. The molecule has 0 spiro atoms. The van der Waals surface area contributed by atoms with Gasteiger partial charge in [-0.1, -0.05) is 23.4 Å². The van der Waals surface area contributed by atoms with Crippen LogP contribution in [0.2, 0.25) is 5.02 Å². The Morgan fingerprint density at radius 2 is 2.26 bits per heavy atom. The molecule has 0 aliphatic heterocycles. The molecule has 0 saturated carbocycles. The number of rotatable bonds is 5. The third-order valence-electron chi connectivity index (χ3n) is 2.32. The zero-order valence-electron chi connectivity index (χ0n) is 9.52. The second kappa shape index (κ2) is 5.75. The molecular formula is C11H9ClF2N2O2S. The van der Waals surface area contributed by atoms with Gasteiger partial charge in [0.05, 0.1) is 23.3 Å². The number of carbonyl (C=O) groups is 1. The summed E-state index contributed by atoms with van der Waals surface area (Å²) in [5, 5.41) is 9.34. The topological polar surface area (TPSA) is 55.1 Å². The number of nitrogens with zero attached hydrogens (tertiary/aromatic N) is 2. The molecule has 1 heterocycles. The van der Waals surface area contributed by atoms with Crippen molar-refractivity contribution in [1.29, 1.82) is 0 Å². The average Bonchev–Trinajstić information content (AvgIpc) is 2.63. The predicted molar refractivity (Wildman–Crippen MR) is 69.1 cm³/mol. The maximum Gasteiger partial charge on any atom is 0.313 e. The van der Waals surface area contributed by atoms with Crippen LogP contribution in [0.1, 0.15) is 0 Å². The van der Waals surface area contributed by atoms with Crippen molar-refractivity contribution in [3.8, 4) is 0 Å². The molecule has 1 aromatic heterocycles. The molecule has 2 aromatic rings. The molecule has 4 nitrogen and oxygen atoms in total. The Bertz CT molecular complexity index is 618. The van der Waals surface area contributed by atoms with E-state index in [4.69, 9.17) is 16.7 Å². The average molecular weight is 307 g/mol. The van der Waals surface area contributed by atoms with E-state index in [-0.39, 0.29) is 10.9 Å². The van der Waals surface area contributed by atoms with Crippen LogP contribution in [0, 0.1) is 0 Å². The van der Waals surface area contributed by atoms with E-state index in [2.05, 4.69) is 4.98 Å². The molecule has 19 heavy (non-hydrogen) atoms. The molecule has 0 unspecified atom stereocenters. The van der Waals surface area contributed by atoms with Crippen LogP contribution in [0.15, 0.2) is 23.4 Å². The highest BCUT2D eigenvalue weighted by Gasteiger charge is 2.16. The van der Waals surface area contributed by atoms with Crippen LogP contribution < -0.4 is 0 Å². The van der Waals surface area contributed by atoms with Gasteiger partial charge in [0.15, 0.2) is 5.16 Å². The Hall–Kier alpha value is -1.34. The highest BCUT2D eigenvalue weighted by atomic mass is 35.5. The summed E-state index contributed by atoms with van der Waals surface area (Å²) in [6, 6.07) is 4.74. The van der Waals surface area contributed by atoms with Gasteiger partial charge in [-0.15, -0.1) is 0 Å². The van der Waals surface area contributed by atoms with Crippen molar-refractivity contribution in [2.45, 2.75) is 18.1 Å². The van der Waals surface area contributed by atoms with E-state index in [1.54, 1.807) is 18.2 Å². The maximum absolute atomic E-state index is 12.6. The van der Waals surface area contributed by atoms with Crippen LogP contribution in [0.3, 0.4) is 0 Å². The van der Waals surface area contributed by atoms with Crippen molar-refractivity contribution >= 4 is 40.4 Å². The maximum atomic E-state index is 12.6. The van der Waals surface area contributed by atoms with Crippen molar-refractivity contribution < 1.29 is 18.7 Å². The summed E-state index contributed by atoms with van der Waals surface area (Å²) in [5.41, 5.74) is 0.985. The first-order valence-electron chi connectivity index (χ1n) is 5.26. The van der Waals surface area contributed by atoms with Gasteiger partial charge in [-0.2, -0.15) is 0 Å². The Morgan fingerprint density at radius 3 is 2.89 bits per heavy atom. The lowest BCUT2D eigenvalue weighted by molar-refractivity contribution is -0.133. The molecule has 1 N–H and O–H groups in total. The number of fused-ring (bicyclic) bond motifs is 1. The lowest BCUT2D eigenvalue weighted by Crippen LogP contribution is -2.08. The van der Waals surface area contributed by atoms with Crippen molar-refractivity contribution in [3.63, 3.8) is 0 Å². The van der Waals surface area contributed by atoms with Crippen LogP contribution in [0.25, 0.3) is 11.0 Å². The second-order valence-electron chi connectivity index (χ2n) is 3.71. The summed E-state index contributed by atoms with van der Waals surface area (Å²) in [6.07, 6.45) is -2.54. The molecule has 102 valence electrons. The monoisotopic (exact) mass is 306 g/mol. The van der Waals surface area contributed by atoms with Gasteiger partial charge >= 0.3 is 5.97 Å². The molecule has 1 aromatic carbocycles. The Morgan fingerprint density at radius 1 is 1.53 bits per heavy atom. The first kappa shape index (κ1) is 14.1. The molecule has 0 amide bonds. The van der Waals surface area contributed by atoms with Crippen molar-refractivity contribution in [2.24, 2.45) is 0 Å². The van der Waals surface area contributed by atoms with Gasteiger partial charge in [0, 0.05) is 5.02 Å². The van der Waals surface area contributed by atoms with E-state index in [0.717, 1.165) is 11.8 Å². The van der Waals surface area contributed by atoms with Gasteiger partial charge in [-0.05, 0) is 18.2 Å². The number of benzene rings is 1. The Kier molecular flexibility index (Phi) is 4.26. The van der Waals surface area contributed by atoms with Crippen molar-refractivity contribution in [2.75, 3.05) is 5.75 Å². The van der Waals surface area contributed by atoms with E-state index in [0.29, 0.717) is 16.1 Å². The van der Waals surface area contributed by atoms with E-state index in [1.807, 2.05) is 0 Å². The number of alkyl halides is 2. The van der Waals surface area contributed by atoms with Crippen LogP contribution in [0.5, 0.6) is 0 Å². The third-order valence-corrected chi connectivity index (χ3v) is 3.52. The number of thioether (sulfide) groups is 1. The van der Waals surface area contributed by atoms with E-state index in [9.17, 15) is 13.6 Å². The quantitative estimate of drug-likeness (QED) is 0.862. The molecule has 0 aliphatic rings. The zero-order valence-corrected chi connectivity index (χ0v) is 11.1. The number of hydrogen-bond acceptors (Lipinski definition) is 3. The lowest BCUT2D eigenvalue weighted by atomic mass is 10.3. The molecule has 2 rings (SSSR count). The van der Waals surface area contributed by atoms with E-state index in [1.165, 1.54) is 4.57 Å². The number of hydrogen-bond donors (Lipinski definition) is 1. The number of halogens is 3. The minimum absolute atomic E-state index is 0.236. The fourth-order valence-electron chi connectivity index (χ4n) is 1.63. The van der Waals surface area contributed by atoms with E-state index >= 15 is 0 Å². The van der Waals surface area contributed by atoms with Crippen LogP contribution in [-0.4, -0.2) is 32.8 Å². The third kappa shape index (κ3) is 3.36. The summed E-state index contributed by atoms with van der Waals surface area (Å²) in [4.78, 5) is 14.7. The Labute approximate surface area is 116 Å². The predicted octanol–water partition coefficient (Wildman–Crippen LogP) is 3.13. The van der Waals surface area contributed by atoms with Crippen LogP contribution >= 0.6 is 23.4 Å². The number of carboxylic acid groups (broad SMARTS) is 1. The molecule has 0 atom stereocenters. The van der Waals surface area contributed by atoms with Crippen LogP contribution in [-0.2, 0) is 11.3 Å².